The largest absolute Gasteiger partial charge is 0.454 e. The Morgan fingerprint density at radius 3 is 2.71 bits per heavy atom. The fraction of sp³-hybridized carbons (Fsp3) is 0.208. The van der Waals surface area contributed by atoms with Crippen LogP contribution >= 0.6 is 0 Å². The molecule has 4 aromatic rings. The number of benzene rings is 2. The minimum atomic E-state index is -0.0330. The summed E-state index contributed by atoms with van der Waals surface area (Å²) in [5.41, 5.74) is 4.63. The monoisotopic (exact) mass is 414 g/mol. The summed E-state index contributed by atoms with van der Waals surface area (Å²) < 4.78 is 12.8. The molecule has 0 unspecified atom stereocenters. The van der Waals surface area contributed by atoms with Crippen LogP contribution in [0.3, 0.4) is 0 Å². The number of carbonyl (C=O) groups is 1. The van der Waals surface area contributed by atoms with Gasteiger partial charge < -0.3 is 14.8 Å². The van der Waals surface area contributed by atoms with E-state index < -0.39 is 0 Å². The summed E-state index contributed by atoms with van der Waals surface area (Å²) in [5.74, 6) is 2.38. The maximum Gasteiger partial charge on any atom is 0.231 e. The average Bonchev–Trinajstić information content (AvgIpc) is 3.42. The van der Waals surface area contributed by atoms with Crippen LogP contribution in [0.25, 0.3) is 16.9 Å². The molecule has 0 fully saturated rings. The summed E-state index contributed by atoms with van der Waals surface area (Å²) in [5, 5.41) is 2.96. The first kappa shape index (κ1) is 19.1. The first-order valence-corrected chi connectivity index (χ1v) is 10.3. The van der Waals surface area contributed by atoms with Crippen molar-refractivity contribution in [2.75, 3.05) is 6.79 Å². The van der Waals surface area contributed by atoms with Crippen LogP contribution in [0.15, 0.2) is 60.8 Å². The molecule has 2 aromatic heterocycles. The van der Waals surface area contributed by atoms with Crippen LogP contribution in [0.5, 0.6) is 11.5 Å². The van der Waals surface area contributed by atoms with Crippen molar-refractivity contribution in [2.24, 2.45) is 0 Å². The maximum atomic E-state index is 12.4. The maximum absolute atomic E-state index is 12.4. The van der Waals surface area contributed by atoms with E-state index in [1.54, 1.807) is 6.20 Å². The molecule has 0 atom stereocenters. The highest BCUT2D eigenvalue weighted by atomic mass is 16.7. The van der Waals surface area contributed by atoms with E-state index in [0.717, 1.165) is 51.7 Å². The van der Waals surface area contributed by atoms with Gasteiger partial charge >= 0.3 is 0 Å². The first-order chi connectivity index (χ1) is 15.2. The minimum absolute atomic E-state index is 0.0330. The molecule has 7 nitrogen and oxygen atoms in total. The number of amides is 1. The van der Waals surface area contributed by atoms with Gasteiger partial charge in [-0.15, -0.1) is 0 Å². The quantitative estimate of drug-likeness (QED) is 0.522. The molecule has 31 heavy (non-hydrogen) atoms. The third-order valence-electron chi connectivity index (χ3n) is 5.29. The highest BCUT2D eigenvalue weighted by Gasteiger charge is 2.14. The van der Waals surface area contributed by atoms with Gasteiger partial charge in [0, 0.05) is 24.8 Å². The molecular weight excluding hydrogens is 392 g/mol. The Morgan fingerprint density at radius 2 is 1.87 bits per heavy atom. The second kappa shape index (κ2) is 8.10. The minimum Gasteiger partial charge on any atom is -0.454 e. The van der Waals surface area contributed by atoms with Crippen LogP contribution in [0, 0.1) is 0 Å². The van der Waals surface area contributed by atoms with Gasteiger partial charge in [-0.2, -0.15) is 0 Å². The van der Waals surface area contributed by atoms with Gasteiger partial charge in [-0.05, 0) is 47.5 Å². The summed E-state index contributed by atoms with van der Waals surface area (Å²) in [6, 6.07) is 17.5. The summed E-state index contributed by atoms with van der Waals surface area (Å²) in [6.45, 7) is 2.77. The van der Waals surface area contributed by atoms with E-state index in [0.29, 0.717) is 13.0 Å². The van der Waals surface area contributed by atoms with Gasteiger partial charge in [0.1, 0.15) is 11.3 Å². The van der Waals surface area contributed by atoms with Crippen molar-refractivity contribution >= 4 is 17.1 Å². The molecule has 0 spiro atoms. The number of fused-ring (bicyclic) bond motifs is 2. The van der Waals surface area contributed by atoms with Crippen molar-refractivity contribution in [3.63, 3.8) is 0 Å². The first-order valence-electron chi connectivity index (χ1n) is 10.3. The molecule has 0 saturated heterocycles. The summed E-state index contributed by atoms with van der Waals surface area (Å²) in [7, 11) is 0. The fourth-order valence-electron chi connectivity index (χ4n) is 3.73. The molecule has 156 valence electrons. The van der Waals surface area contributed by atoms with Crippen LogP contribution in [-0.2, 0) is 24.2 Å². The van der Waals surface area contributed by atoms with Gasteiger partial charge in [0.15, 0.2) is 17.1 Å². The van der Waals surface area contributed by atoms with E-state index in [2.05, 4.69) is 26.8 Å². The number of hydrogen-bond donors (Lipinski definition) is 1. The lowest BCUT2D eigenvalue weighted by molar-refractivity contribution is -0.120. The van der Waals surface area contributed by atoms with Gasteiger partial charge in [0.25, 0.3) is 0 Å². The molecule has 5 rings (SSSR count). The summed E-state index contributed by atoms with van der Waals surface area (Å²) in [4.78, 5) is 21.6. The lowest BCUT2D eigenvalue weighted by Crippen LogP contribution is -2.24. The molecule has 0 bridgehead atoms. The van der Waals surface area contributed by atoms with Crippen LogP contribution in [0.4, 0.5) is 0 Å². The molecule has 7 heteroatoms. The number of pyridine rings is 1. The Balaban J connectivity index is 1.26. The fourth-order valence-corrected chi connectivity index (χ4v) is 3.73. The Labute approximate surface area is 179 Å². The number of aromatic nitrogens is 3. The summed E-state index contributed by atoms with van der Waals surface area (Å²) in [6.07, 6.45) is 2.90. The molecule has 1 N–H and O–H groups in total. The van der Waals surface area contributed by atoms with Crippen LogP contribution < -0.4 is 14.8 Å². The molecule has 0 saturated carbocycles. The second-order valence-electron chi connectivity index (χ2n) is 7.37. The number of hydrogen-bond acceptors (Lipinski definition) is 5. The van der Waals surface area contributed by atoms with Gasteiger partial charge in [-0.25, -0.2) is 9.97 Å². The number of nitrogens with zero attached hydrogens (tertiary/aromatic N) is 3. The van der Waals surface area contributed by atoms with Crippen molar-refractivity contribution in [1.82, 2.24) is 19.9 Å². The lowest BCUT2D eigenvalue weighted by atomic mass is 10.1. The zero-order valence-electron chi connectivity index (χ0n) is 17.2. The van der Waals surface area contributed by atoms with Crippen molar-refractivity contribution < 1.29 is 14.3 Å². The molecule has 2 aromatic carbocycles. The number of nitrogens with one attached hydrogen (secondary N) is 1. The SMILES string of the molecule is CCc1nc2cccnc2n1-c1ccc(CC(=O)NCc2ccc3c(c2)OCO3)cc1. The van der Waals surface area contributed by atoms with E-state index in [9.17, 15) is 4.79 Å². The third kappa shape index (κ3) is 3.82. The van der Waals surface area contributed by atoms with Crippen molar-refractivity contribution in [3.05, 3.63) is 77.7 Å². The smallest absolute Gasteiger partial charge is 0.231 e. The predicted octanol–water partition coefficient (Wildman–Crippen LogP) is 3.57. The second-order valence-corrected chi connectivity index (χ2v) is 7.37. The zero-order chi connectivity index (χ0) is 21.2. The van der Waals surface area contributed by atoms with E-state index in [1.807, 2.05) is 54.6 Å². The van der Waals surface area contributed by atoms with Gasteiger partial charge in [-0.1, -0.05) is 25.1 Å². The molecule has 1 aliphatic rings. The number of carbonyl (C=O) groups excluding carboxylic acids is 1. The Kier molecular flexibility index (Phi) is 5.00. The Morgan fingerprint density at radius 1 is 1.06 bits per heavy atom. The van der Waals surface area contributed by atoms with Crippen LogP contribution in [0.2, 0.25) is 0 Å². The van der Waals surface area contributed by atoms with Gasteiger partial charge in [0.05, 0.1) is 6.42 Å². The number of imidazole rings is 1. The number of rotatable bonds is 6. The normalized spacial score (nSPS) is 12.3. The van der Waals surface area contributed by atoms with Crippen molar-refractivity contribution in [1.29, 1.82) is 0 Å². The standard InChI is InChI=1S/C24H22N4O3/c1-2-22-27-19-4-3-11-25-24(19)28(22)18-8-5-16(6-9-18)13-23(29)26-14-17-7-10-20-21(12-17)31-15-30-20/h3-12H,2,13-15H2,1H3,(H,26,29). The predicted molar refractivity (Wildman–Crippen MR) is 116 cm³/mol. The Bertz CT molecular complexity index is 1250. The van der Waals surface area contributed by atoms with Crippen molar-refractivity contribution in [3.8, 4) is 17.2 Å². The van der Waals surface area contributed by atoms with Gasteiger partial charge in [0.2, 0.25) is 12.7 Å². The van der Waals surface area contributed by atoms with E-state index in [-0.39, 0.29) is 12.7 Å². The highest BCUT2D eigenvalue weighted by Crippen LogP contribution is 2.32. The summed E-state index contributed by atoms with van der Waals surface area (Å²) >= 11 is 0. The molecular formula is C24H22N4O3. The number of aryl methyl sites for hydroxylation is 1. The zero-order valence-corrected chi connectivity index (χ0v) is 17.2. The van der Waals surface area contributed by atoms with Crippen molar-refractivity contribution in [2.45, 2.75) is 26.3 Å². The van der Waals surface area contributed by atoms with E-state index in [1.165, 1.54) is 0 Å². The molecule has 1 amide bonds. The molecule has 0 radical (unpaired) electrons. The topological polar surface area (TPSA) is 78.3 Å². The molecule has 1 aliphatic heterocycles. The van der Waals surface area contributed by atoms with E-state index in [4.69, 9.17) is 9.47 Å². The van der Waals surface area contributed by atoms with Gasteiger partial charge in [-0.3, -0.25) is 9.36 Å². The Hall–Kier alpha value is -3.87. The molecule has 3 heterocycles. The highest BCUT2D eigenvalue weighted by molar-refractivity contribution is 5.79. The van der Waals surface area contributed by atoms with E-state index >= 15 is 0 Å². The average molecular weight is 414 g/mol. The van der Waals surface area contributed by atoms with Crippen LogP contribution in [-0.4, -0.2) is 27.2 Å². The number of ether oxygens (including phenoxy) is 2. The van der Waals surface area contributed by atoms with Crippen LogP contribution in [0.1, 0.15) is 23.9 Å². The molecule has 0 aliphatic carbocycles. The lowest BCUT2D eigenvalue weighted by Gasteiger charge is -2.09. The third-order valence-corrected chi connectivity index (χ3v) is 5.29.